The number of benzene rings is 2. The number of thioether (sulfide) groups is 1. The van der Waals surface area contributed by atoms with E-state index in [4.69, 9.17) is 10.5 Å². The minimum Gasteiger partial charge on any atom is -0.496 e. The first-order chi connectivity index (χ1) is 9.65. The minimum atomic E-state index is -0.219. The summed E-state index contributed by atoms with van der Waals surface area (Å²) in [5.41, 5.74) is 7.48. The van der Waals surface area contributed by atoms with Crippen molar-refractivity contribution in [1.29, 1.82) is 0 Å². The lowest BCUT2D eigenvalue weighted by atomic mass is 10.1. The summed E-state index contributed by atoms with van der Waals surface area (Å²) in [4.78, 5) is 13.3. The fraction of sp³-hybridized carbons (Fsp3) is 0.133. The zero-order valence-electron chi connectivity index (χ0n) is 11.3. The summed E-state index contributed by atoms with van der Waals surface area (Å²) in [6.07, 6.45) is 1.97. The van der Waals surface area contributed by atoms with Crippen molar-refractivity contribution < 1.29 is 9.53 Å². The number of hydrogen-bond donors (Lipinski definition) is 2. The van der Waals surface area contributed by atoms with E-state index in [2.05, 4.69) is 5.32 Å². The normalized spacial score (nSPS) is 10.1. The number of nitrogens with one attached hydrogen (secondary N) is 1. The molecule has 3 N–H and O–H groups in total. The zero-order valence-corrected chi connectivity index (χ0v) is 12.2. The molecule has 20 heavy (non-hydrogen) atoms. The van der Waals surface area contributed by atoms with Gasteiger partial charge in [0.15, 0.2) is 0 Å². The van der Waals surface area contributed by atoms with Gasteiger partial charge in [-0.25, -0.2) is 0 Å². The van der Waals surface area contributed by atoms with E-state index in [1.807, 2.05) is 30.5 Å². The van der Waals surface area contributed by atoms with E-state index in [1.54, 1.807) is 30.0 Å². The quantitative estimate of drug-likeness (QED) is 0.669. The summed E-state index contributed by atoms with van der Waals surface area (Å²) in [5, 5.41) is 2.89. The molecule has 0 aliphatic carbocycles. The SMILES string of the molecule is COc1cc(N)ccc1C(=O)Nc1ccccc1SC. The van der Waals surface area contributed by atoms with Gasteiger partial charge in [0.25, 0.3) is 5.91 Å². The molecular formula is C15H16N2O2S. The van der Waals surface area contributed by atoms with Gasteiger partial charge in [0.2, 0.25) is 0 Å². The molecule has 5 heteroatoms. The van der Waals surface area contributed by atoms with Crippen LogP contribution in [0.2, 0.25) is 0 Å². The molecule has 0 spiro atoms. The summed E-state index contributed by atoms with van der Waals surface area (Å²) in [5.74, 6) is 0.243. The number of methoxy groups -OCH3 is 1. The first-order valence-electron chi connectivity index (χ1n) is 6.03. The van der Waals surface area contributed by atoms with Crippen molar-refractivity contribution in [2.45, 2.75) is 4.90 Å². The second kappa shape index (κ2) is 6.34. The molecule has 0 bridgehead atoms. The molecule has 0 saturated carbocycles. The highest BCUT2D eigenvalue weighted by atomic mass is 32.2. The van der Waals surface area contributed by atoms with Crippen molar-refractivity contribution in [3.05, 3.63) is 48.0 Å². The zero-order chi connectivity index (χ0) is 14.5. The molecular weight excluding hydrogens is 272 g/mol. The molecule has 0 atom stereocenters. The van der Waals surface area contributed by atoms with Crippen molar-refractivity contribution in [2.75, 3.05) is 24.4 Å². The Kier molecular flexibility index (Phi) is 4.53. The summed E-state index contributed by atoms with van der Waals surface area (Å²) in [6.45, 7) is 0. The lowest BCUT2D eigenvalue weighted by molar-refractivity contribution is 0.102. The Hall–Kier alpha value is -2.14. The van der Waals surface area contributed by atoms with Gasteiger partial charge in [0.05, 0.1) is 18.4 Å². The van der Waals surface area contributed by atoms with Crippen molar-refractivity contribution >= 4 is 29.0 Å². The van der Waals surface area contributed by atoms with Gasteiger partial charge in [0.1, 0.15) is 5.75 Å². The van der Waals surface area contributed by atoms with Crippen LogP contribution in [0.25, 0.3) is 0 Å². The van der Waals surface area contributed by atoms with E-state index in [0.717, 1.165) is 10.6 Å². The Bertz CT molecular complexity index is 629. The Labute approximate surface area is 122 Å². The maximum absolute atomic E-state index is 12.3. The van der Waals surface area contributed by atoms with Crippen LogP contribution in [0.5, 0.6) is 5.75 Å². The number of nitrogen functional groups attached to an aromatic ring is 1. The standard InChI is InChI=1S/C15H16N2O2S/c1-19-13-9-10(16)7-8-11(13)15(18)17-12-5-3-4-6-14(12)20-2/h3-9H,16H2,1-2H3,(H,17,18). The molecule has 2 aromatic carbocycles. The van der Waals surface area contributed by atoms with E-state index >= 15 is 0 Å². The molecule has 4 nitrogen and oxygen atoms in total. The first kappa shape index (κ1) is 14.3. The van der Waals surface area contributed by atoms with E-state index in [1.165, 1.54) is 7.11 Å². The summed E-state index contributed by atoms with van der Waals surface area (Å²) in [7, 11) is 1.52. The number of hydrogen-bond acceptors (Lipinski definition) is 4. The third-order valence-corrected chi connectivity index (χ3v) is 3.62. The van der Waals surface area contributed by atoms with Crippen LogP contribution in [0.1, 0.15) is 10.4 Å². The van der Waals surface area contributed by atoms with E-state index < -0.39 is 0 Å². The lowest BCUT2D eigenvalue weighted by Gasteiger charge is -2.12. The monoisotopic (exact) mass is 288 g/mol. The number of anilines is 2. The second-order valence-corrected chi connectivity index (χ2v) is 4.96. The van der Waals surface area contributed by atoms with Crippen molar-refractivity contribution in [3.63, 3.8) is 0 Å². The predicted octanol–water partition coefficient (Wildman–Crippen LogP) is 3.25. The van der Waals surface area contributed by atoms with E-state index in [0.29, 0.717) is 17.0 Å². The highest BCUT2D eigenvalue weighted by Gasteiger charge is 2.13. The van der Waals surface area contributed by atoms with Crippen LogP contribution in [-0.2, 0) is 0 Å². The summed E-state index contributed by atoms with van der Waals surface area (Å²) in [6, 6.07) is 12.6. The molecule has 1 amide bonds. The van der Waals surface area contributed by atoms with E-state index in [-0.39, 0.29) is 5.91 Å². The van der Waals surface area contributed by atoms with Gasteiger partial charge in [-0.1, -0.05) is 12.1 Å². The molecule has 104 valence electrons. The first-order valence-corrected chi connectivity index (χ1v) is 7.26. The van der Waals surface area contributed by atoms with Crippen LogP contribution >= 0.6 is 11.8 Å². The third-order valence-electron chi connectivity index (χ3n) is 2.83. The number of amides is 1. The lowest BCUT2D eigenvalue weighted by Crippen LogP contribution is -2.14. The van der Waals surface area contributed by atoms with Crippen molar-refractivity contribution in [3.8, 4) is 5.75 Å². The van der Waals surface area contributed by atoms with Crippen LogP contribution in [0.3, 0.4) is 0 Å². The van der Waals surface area contributed by atoms with E-state index in [9.17, 15) is 4.79 Å². The van der Waals surface area contributed by atoms with Crippen LogP contribution in [0, 0.1) is 0 Å². The van der Waals surface area contributed by atoms with Gasteiger partial charge in [-0.05, 0) is 30.5 Å². The summed E-state index contributed by atoms with van der Waals surface area (Å²) < 4.78 is 5.20. The predicted molar refractivity (Wildman–Crippen MR) is 83.6 cm³/mol. The number of nitrogens with two attached hydrogens (primary N) is 1. The highest BCUT2D eigenvalue weighted by molar-refractivity contribution is 7.98. The fourth-order valence-corrected chi connectivity index (χ4v) is 2.39. The summed E-state index contributed by atoms with van der Waals surface area (Å²) >= 11 is 1.58. The molecule has 2 aromatic rings. The van der Waals surface area contributed by atoms with Gasteiger partial charge >= 0.3 is 0 Å². The largest absolute Gasteiger partial charge is 0.496 e. The highest BCUT2D eigenvalue weighted by Crippen LogP contribution is 2.27. The molecule has 0 aromatic heterocycles. The smallest absolute Gasteiger partial charge is 0.259 e. The Morgan fingerprint density at radius 2 is 2.00 bits per heavy atom. The molecule has 0 unspecified atom stereocenters. The average molecular weight is 288 g/mol. The van der Waals surface area contributed by atoms with Gasteiger partial charge in [0, 0.05) is 16.6 Å². The number of ether oxygens (including phenoxy) is 1. The fourth-order valence-electron chi connectivity index (χ4n) is 1.83. The van der Waals surface area contributed by atoms with Crippen LogP contribution in [-0.4, -0.2) is 19.3 Å². The maximum Gasteiger partial charge on any atom is 0.259 e. The van der Waals surface area contributed by atoms with Gasteiger partial charge in [-0.2, -0.15) is 0 Å². The Balaban J connectivity index is 2.28. The molecule has 2 rings (SSSR count). The van der Waals surface area contributed by atoms with Gasteiger partial charge in [-0.3, -0.25) is 4.79 Å². The minimum absolute atomic E-state index is 0.219. The molecule has 0 saturated heterocycles. The van der Waals surface area contributed by atoms with Crippen LogP contribution < -0.4 is 15.8 Å². The number of carbonyl (C=O) groups excluding carboxylic acids is 1. The topological polar surface area (TPSA) is 64.3 Å². The van der Waals surface area contributed by atoms with Crippen molar-refractivity contribution in [1.82, 2.24) is 0 Å². The average Bonchev–Trinajstić information content (AvgIpc) is 2.47. The van der Waals surface area contributed by atoms with Crippen LogP contribution in [0.4, 0.5) is 11.4 Å². The number of rotatable bonds is 4. The van der Waals surface area contributed by atoms with Gasteiger partial charge < -0.3 is 15.8 Å². The van der Waals surface area contributed by atoms with Gasteiger partial charge in [-0.15, -0.1) is 11.8 Å². The molecule has 0 heterocycles. The van der Waals surface area contributed by atoms with Crippen LogP contribution in [0.15, 0.2) is 47.4 Å². The maximum atomic E-state index is 12.3. The Morgan fingerprint density at radius 1 is 1.25 bits per heavy atom. The molecule has 0 aliphatic rings. The number of para-hydroxylation sites is 1. The number of carbonyl (C=O) groups is 1. The molecule has 0 aliphatic heterocycles. The Morgan fingerprint density at radius 3 is 2.70 bits per heavy atom. The third kappa shape index (κ3) is 3.05. The second-order valence-electron chi connectivity index (χ2n) is 4.11. The van der Waals surface area contributed by atoms with Crippen molar-refractivity contribution in [2.24, 2.45) is 0 Å². The molecule has 0 fully saturated rings. The molecule has 0 radical (unpaired) electrons.